The van der Waals surface area contributed by atoms with Crippen LogP contribution in [0.5, 0.6) is 0 Å². The molecule has 0 heterocycles. The van der Waals surface area contributed by atoms with Gasteiger partial charge in [0, 0.05) is 19.5 Å². The number of nitrogens with two attached hydrogens (primary N) is 1. The maximum atomic E-state index is 13.6. The van der Waals surface area contributed by atoms with Crippen molar-refractivity contribution >= 4 is 11.7 Å². The van der Waals surface area contributed by atoms with Gasteiger partial charge >= 0.3 is 0 Å². The molecule has 0 spiro atoms. The summed E-state index contributed by atoms with van der Waals surface area (Å²) in [6, 6.07) is 4.07. The van der Waals surface area contributed by atoms with Crippen LogP contribution in [0.25, 0.3) is 0 Å². The first-order chi connectivity index (χ1) is 8.86. The van der Waals surface area contributed by atoms with Crippen LogP contribution >= 0.6 is 0 Å². The molecule has 5 nitrogen and oxygen atoms in total. The van der Waals surface area contributed by atoms with E-state index in [0.29, 0.717) is 0 Å². The molecule has 6 heteroatoms. The Bertz CT molecular complexity index is 503. The highest BCUT2D eigenvalue weighted by Crippen LogP contribution is 2.14. The van der Waals surface area contributed by atoms with Gasteiger partial charge in [0.15, 0.2) is 0 Å². The minimum Gasteiger partial charge on any atom is -0.409 e. The molecule has 0 aliphatic heterocycles. The van der Waals surface area contributed by atoms with E-state index in [4.69, 9.17) is 10.9 Å². The third kappa shape index (κ3) is 3.67. The zero-order valence-electron chi connectivity index (χ0n) is 11.2. The van der Waals surface area contributed by atoms with E-state index in [9.17, 15) is 9.18 Å². The lowest BCUT2D eigenvalue weighted by molar-refractivity contribution is 0.0742. The fourth-order valence-electron chi connectivity index (χ4n) is 1.67. The molecular weight excluding hydrogens is 249 g/mol. The van der Waals surface area contributed by atoms with Crippen LogP contribution in [0.1, 0.15) is 29.3 Å². The molecule has 0 bridgehead atoms. The molecule has 1 aromatic rings. The minimum absolute atomic E-state index is 0.0221. The number of aryl methyl sites for hydroxylation is 1. The fourth-order valence-corrected chi connectivity index (χ4v) is 1.67. The molecule has 0 saturated heterocycles. The van der Waals surface area contributed by atoms with Crippen molar-refractivity contribution in [3.63, 3.8) is 0 Å². The maximum absolute atomic E-state index is 13.6. The van der Waals surface area contributed by atoms with Crippen molar-refractivity contribution in [3.8, 4) is 0 Å². The van der Waals surface area contributed by atoms with E-state index < -0.39 is 11.7 Å². The Morgan fingerprint density at radius 1 is 1.58 bits per heavy atom. The Hall–Kier alpha value is -2.11. The molecule has 104 valence electrons. The minimum atomic E-state index is -0.557. The standard InChI is InChI=1S/C13H18FN3O2/c1-8-4-5-11(14)10(6-8)13(18)17(3)9(2)7-12(15)16-19/h4-6,9,19H,7H2,1-3H3,(H2,15,16). The van der Waals surface area contributed by atoms with E-state index in [1.165, 1.54) is 17.0 Å². The molecule has 1 aromatic carbocycles. The third-order valence-corrected chi connectivity index (χ3v) is 2.97. The molecule has 1 rings (SSSR count). The Balaban J connectivity index is 2.90. The molecule has 0 aliphatic rings. The number of benzene rings is 1. The Labute approximate surface area is 111 Å². The Morgan fingerprint density at radius 3 is 2.79 bits per heavy atom. The van der Waals surface area contributed by atoms with Crippen LogP contribution in [-0.4, -0.2) is 34.9 Å². The third-order valence-electron chi connectivity index (χ3n) is 2.97. The number of rotatable bonds is 4. The summed E-state index contributed by atoms with van der Waals surface area (Å²) in [4.78, 5) is 13.5. The van der Waals surface area contributed by atoms with Gasteiger partial charge in [-0.1, -0.05) is 16.8 Å². The molecule has 0 aromatic heterocycles. The number of halogens is 1. The molecule has 0 saturated carbocycles. The number of carbonyl (C=O) groups excluding carboxylic acids is 1. The number of nitrogens with zero attached hydrogens (tertiary/aromatic N) is 2. The summed E-state index contributed by atoms with van der Waals surface area (Å²) < 4.78 is 13.6. The van der Waals surface area contributed by atoms with Crippen molar-refractivity contribution in [2.75, 3.05) is 7.05 Å². The van der Waals surface area contributed by atoms with Crippen molar-refractivity contribution in [2.45, 2.75) is 26.3 Å². The molecule has 1 unspecified atom stereocenters. The number of hydrogen-bond donors (Lipinski definition) is 2. The SMILES string of the molecule is Cc1ccc(F)c(C(=O)N(C)C(C)CC(N)=NO)c1. The summed E-state index contributed by atoms with van der Waals surface area (Å²) in [7, 11) is 1.55. The molecule has 0 radical (unpaired) electrons. The van der Waals surface area contributed by atoms with Gasteiger partial charge in [0.05, 0.1) is 5.56 Å². The molecule has 0 fully saturated rings. The van der Waals surface area contributed by atoms with Crippen LogP contribution in [0.4, 0.5) is 4.39 Å². The van der Waals surface area contributed by atoms with Crippen LogP contribution in [0, 0.1) is 12.7 Å². The van der Waals surface area contributed by atoms with Crippen molar-refractivity contribution in [1.29, 1.82) is 0 Å². The van der Waals surface area contributed by atoms with Gasteiger partial charge in [-0.05, 0) is 26.0 Å². The van der Waals surface area contributed by atoms with Gasteiger partial charge < -0.3 is 15.8 Å². The summed E-state index contributed by atoms with van der Waals surface area (Å²) in [5, 5.41) is 11.4. The largest absolute Gasteiger partial charge is 0.409 e. The van der Waals surface area contributed by atoms with Crippen molar-refractivity contribution in [2.24, 2.45) is 10.9 Å². The number of amidine groups is 1. The highest BCUT2D eigenvalue weighted by molar-refractivity contribution is 5.95. The summed E-state index contributed by atoms with van der Waals surface area (Å²) in [6.07, 6.45) is 0.214. The van der Waals surface area contributed by atoms with Crippen LogP contribution < -0.4 is 5.73 Å². The van der Waals surface area contributed by atoms with E-state index in [1.54, 1.807) is 27.0 Å². The number of carbonyl (C=O) groups is 1. The fraction of sp³-hybridized carbons (Fsp3) is 0.385. The smallest absolute Gasteiger partial charge is 0.256 e. The Morgan fingerprint density at radius 2 is 2.21 bits per heavy atom. The highest BCUT2D eigenvalue weighted by atomic mass is 19.1. The first-order valence-corrected chi connectivity index (χ1v) is 5.86. The summed E-state index contributed by atoms with van der Waals surface area (Å²) >= 11 is 0. The van der Waals surface area contributed by atoms with Gasteiger partial charge in [0.2, 0.25) is 0 Å². The zero-order chi connectivity index (χ0) is 14.6. The van der Waals surface area contributed by atoms with Crippen LogP contribution in [0.15, 0.2) is 23.4 Å². The van der Waals surface area contributed by atoms with Gasteiger partial charge in [0.1, 0.15) is 11.7 Å². The summed E-state index contributed by atoms with van der Waals surface area (Å²) in [5.41, 5.74) is 6.22. The quantitative estimate of drug-likeness (QED) is 0.377. The monoisotopic (exact) mass is 267 g/mol. The van der Waals surface area contributed by atoms with Crippen molar-refractivity contribution < 1.29 is 14.4 Å². The lowest BCUT2D eigenvalue weighted by atomic mass is 10.1. The maximum Gasteiger partial charge on any atom is 0.256 e. The van der Waals surface area contributed by atoms with Crippen molar-refractivity contribution in [3.05, 3.63) is 35.1 Å². The molecule has 3 N–H and O–H groups in total. The summed E-state index contributed by atoms with van der Waals surface area (Å²) in [6.45, 7) is 3.53. The van der Waals surface area contributed by atoms with Crippen LogP contribution in [0.3, 0.4) is 0 Å². The highest BCUT2D eigenvalue weighted by Gasteiger charge is 2.21. The zero-order valence-corrected chi connectivity index (χ0v) is 11.2. The molecule has 1 atom stereocenters. The predicted molar refractivity (Wildman–Crippen MR) is 70.7 cm³/mol. The van der Waals surface area contributed by atoms with Gasteiger partial charge in [-0.3, -0.25) is 4.79 Å². The second-order valence-corrected chi connectivity index (χ2v) is 4.54. The first-order valence-electron chi connectivity index (χ1n) is 5.86. The average Bonchev–Trinajstić information content (AvgIpc) is 2.39. The van der Waals surface area contributed by atoms with E-state index in [2.05, 4.69) is 5.16 Å². The predicted octanol–water partition coefficient (Wildman–Crippen LogP) is 1.73. The molecule has 1 amide bonds. The van der Waals surface area contributed by atoms with E-state index in [1.807, 2.05) is 0 Å². The van der Waals surface area contributed by atoms with Gasteiger partial charge in [0.25, 0.3) is 5.91 Å². The number of hydrogen-bond acceptors (Lipinski definition) is 3. The Kier molecular flexibility index (Phi) is 4.86. The van der Waals surface area contributed by atoms with E-state index >= 15 is 0 Å². The number of oxime groups is 1. The van der Waals surface area contributed by atoms with Crippen molar-refractivity contribution in [1.82, 2.24) is 4.90 Å². The summed E-state index contributed by atoms with van der Waals surface area (Å²) in [5.74, 6) is -0.963. The lowest BCUT2D eigenvalue weighted by Gasteiger charge is -2.24. The molecular formula is C13H18FN3O2. The first kappa shape index (κ1) is 14.9. The normalized spacial score (nSPS) is 13.2. The van der Waals surface area contributed by atoms with E-state index in [-0.39, 0.29) is 23.9 Å². The van der Waals surface area contributed by atoms with Gasteiger partial charge in [-0.2, -0.15) is 0 Å². The van der Waals surface area contributed by atoms with Gasteiger partial charge in [-0.25, -0.2) is 4.39 Å². The van der Waals surface area contributed by atoms with Crippen LogP contribution in [-0.2, 0) is 0 Å². The second kappa shape index (κ2) is 6.17. The van der Waals surface area contributed by atoms with Crippen LogP contribution in [0.2, 0.25) is 0 Å². The number of amides is 1. The van der Waals surface area contributed by atoms with Gasteiger partial charge in [-0.15, -0.1) is 0 Å². The lowest BCUT2D eigenvalue weighted by Crippen LogP contribution is -2.38. The molecule has 0 aliphatic carbocycles. The topological polar surface area (TPSA) is 78.9 Å². The van der Waals surface area contributed by atoms with E-state index in [0.717, 1.165) is 5.56 Å². The average molecular weight is 267 g/mol. The second-order valence-electron chi connectivity index (χ2n) is 4.54. The molecule has 19 heavy (non-hydrogen) atoms.